The number of rotatable bonds is 11. The fraction of sp³-hybridized carbons (Fsp3) is 0.789. The van der Waals surface area contributed by atoms with Gasteiger partial charge in [0.15, 0.2) is 0 Å². The smallest absolute Gasteiger partial charge is 0.329 e. The molecule has 0 aromatic rings. The third kappa shape index (κ3) is 13.8. The molecule has 1 rings (SSSR count). The number of aliphatic hydroxyl groups excluding tert-OH is 1. The SMILES string of the molecule is [CH]N1CCN([CH])CCN(CC(O)COCCOCC(=O)O)CCN(CC(=O)O)CC1. The zero-order valence-electron chi connectivity index (χ0n) is 17.4. The highest BCUT2D eigenvalue weighted by atomic mass is 16.5. The zero-order chi connectivity index (χ0) is 22.4. The van der Waals surface area contributed by atoms with E-state index in [0.29, 0.717) is 58.9 Å². The van der Waals surface area contributed by atoms with Gasteiger partial charge in [-0.2, -0.15) is 0 Å². The number of hydrogen-bond acceptors (Lipinski definition) is 9. The number of carbonyl (C=O) groups is 2. The van der Waals surface area contributed by atoms with Crippen LogP contribution in [-0.2, 0) is 19.1 Å². The molecule has 1 unspecified atom stereocenters. The van der Waals surface area contributed by atoms with Crippen LogP contribution >= 0.6 is 0 Å². The van der Waals surface area contributed by atoms with E-state index in [4.69, 9.17) is 33.8 Å². The molecule has 1 saturated heterocycles. The predicted molar refractivity (Wildman–Crippen MR) is 108 cm³/mol. The van der Waals surface area contributed by atoms with Crippen LogP contribution in [0.25, 0.3) is 0 Å². The van der Waals surface area contributed by atoms with Gasteiger partial charge in [-0.25, -0.2) is 4.79 Å². The average molecular weight is 431 g/mol. The average Bonchev–Trinajstić information content (AvgIpc) is 2.67. The van der Waals surface area contributed by atoms with E-state index in [1.807, 2.05) is 9.80 Å². The molecule has 0 aromatic heterocycles. The summed E-state index contributed by atoms with van der Waals surface area (Å²) in [4.78, 5) is 28.6. The van der Waals surface area contributed by atoms with Crippen molar-refractivity contribution >= 4 is 11.9 Å². The molecule has 1 fully saturated rings. The topological polar surface area (TPSA) is 126 Å². The summed E-state index contributed by atoms with van der Waals surface area (Å²) < 4.78 is 10.2. The molecule has 11 nitrogen and oxygen atoms in total. The normalized spacial score (nSPS) is 20.4. The molecule has 3 N–H and O–H groups in total. The molecule has 11 heteroatoms. The van der Waals surface area contributed by atoms with E-state index in [-0.39, 0.29) is 33.0 Å². The van der Waals surface area contributed by atoms with Gasteiger partial charge in [-0.05, 0) is 0 Å². The summed E-state index contributed by atoms with van der Waals surface area (Å²) in [6.45, 7) is 4.71. The van der Waals surface area contributed by atoms with Crippen molar-refractivity contribution in [3.63, 3.8) is 0 Å². The largest absolute Gasteiger partial charge is 0.480 e. The molecule has 30 heavy (non-hydrogen) atoms. The summed E-state index contributed by atoms with van der Waals surface area (Å²) in [5.74, 6) is -1.95. The Morgan fingerprint density at radius 2 is 1.30 bits per heavy atom. The number of aliphatic hydroxyl groups is 1. The maximum atomic E-state index is 11.1. The van der Waals surface area contributed by atoms with Crippen LogP contribution in [0, 0.1) is 14.1 Å². The van der Waals surface area contributed by atoms with E-state index in [9.17, 15) is 14.7 Å². The first-order valence-corrected chi connectivity index (χ1v) is 9.97. The molecular weight excluding hydrogens is 396 g/mol. The minimum absolute atomic E-state index is 0.0767. The fourth-order valence-electron chi connectivity index (χ4n) is 2.91. The lowest BCUT2D eigenvalue weighted by Gasteiger charge is -2.32. The van der Waals surface area contributed by atoms with Crippen molar-refractivity contribution in [1.82, 2.24) is 19.6 Å². The highest BCUT2D eigenvalue weighted by Gasteiger charge is 2.18. The number of aliphatic carboxylic acids is 2. The van der Waals surface area contributed by atoms with Gasteiger partial charge in [-0.3, -0.25) is 24.4 Å². The van der Waals surface area contributed by atoms with Gasteiger partial charge in [-0.1, -0.05) is 0 Å². The van der Waals surface area contributed by atoms with Gasteiger partial charge < -0.3 is 24.8 Å². The Balaban J connectivity index is 2.48. The van der Waals surface area contributed by atoms with Crippen molar-refractivity contribution in [2.75, 3.05) is 91.9 Å². The highest BCUT2D eigenvalue weighted by Crippen LogP contribution is 2.01. The summed E-state index contributed by atoms with van der Waals surface area (Å²) in [6.07, 6.45) is -0.754. The third-order valence-corrected chi connectivity index (χ3v) is 4.55. The quantitative estimate of drug-likeness (QED) is 0.319. The second-order valence-electron chi connectivity index (χ2n) is 7.22. The molecule has 4 radical (unpaired) electrons. The first kappa shape index (κ1) is 26.7. The van der Waals surface area contributed by atoms with Crippen LogP contribution in [-0.4, -0.2) is 145 Å². The van der Waals surface area contributed by atoms with Crippen molar-refractivity contribution in [2.45, 2.75) is 6.10 Å². The van der Waals surface area contributed by atoms with E-state index in [1.54, 1.807) is 9.80 Å². The first-order chi connectivity index (χ1) is 14.3. The van der Waals surface area contributed by atoms with Gasteiger partial charge in [0.25, 0.3) is 0 Å². The Morgan fingerprint density at radius 1 is 0.800 bits per heavy atom. The molecule has 0 spiro atoms. The zero-order valence-corrected chi connectivity index (χ0v) is 17.4. The number of carboxylic acid groups (broad SMARTS) is 2. The highest BCUT2D eigenvalue weighted by molar-refractivity contribution is 5.69. The van der Waals surface area contributed by atoms with Crippen molar-refractivity contribution in [2.24, 2.45) is 0 Å². The Labute approximate surface area is 178 Å². The first-order valence-electron chi connectivity index (χ1n) is 9.97. The van der Waals surface area contributed by atoms with Gasteiger partial charge in [0, 0.05) is 73.0 Å². The molecule has 1 aliphatic rings. The number of hydrogen-bond donors (Lipinski definition) is 3. The third-order valence-electron chi connectivity index (χ3n) is 4.55. The molecule has 1 aliphatic heterocycles. The lowest BCUT2D eigenvalue weighted by atomic mass is 10.3. The minimum Gasteiger partial charge on any atom is -0.480 e. The lowest BCUT2D eigenvalue weighted by Crippen LogP contribution is -2.46. The lowest BCUT2D eigenvalue weighted by molar-refractivity contribution is -0.143. The van der Waals surface area contributed by atoms with E-state index in [0.717, 1.165) is 0 Å². The number of ether oxygens (including phenoxy) is 2. The van der Waals surface area contributed by atoms with Crippen LogP contribution in [0.4, 0.5) is 0 Å². The van der Waals surface area contributed by atoms with Crippen molar-refractivity contribution < 1.29 is 34.4 Å². The Hall–Kier alpha value is -1.34. The Bertz CT molecular complexity index is 498. The van der Waals surface area contributed by atoms with Crippen molar-refractivity contribution in [3.8, 4) is 0 Å². The molecule has 0 aliphatic carbocycles. The number of nitrogens with zero attached hydrogens (tertiary/aromatic N) is 4. The second-order valence-corrected chi connectivity index (χ2v) is 7.22. The molecule has 0 saturated carbocycles. The van der Waals surface area contributed by atoms with E-state index in [2.05, 4.69) is 0 Å². The second kappa shape index (κ2) is 15.5. The van der Waals surface area contributed by atoms with Crippen molar-refractivity contribution in [1.29, 1.82) is 0 Å². The minimum atomic E-state index is -1.05. The van der Waals surface area contributed by atoms with Gasteiger partial charge in [0.2, 0.25) is 0 Å². The van der Waals surface area contributed by atoms with Crippen LogP contribution in [0.1, 0.15) is 0 Å². The summed E-state index contributed by atoms with van der Waals surface area (Å²) in [6, 6.07) is 0. The summed E-state index contributed by atoms with van der Waals surface area (Å²) in [7, 11) is 11.9. The number of β-amino-alcohol motifs (C(OH)–C–C–N with tert-alkyl or cyclic N) is 1. The van der Waals surface area contributed by atoms with Gasteiger partial charge >= 0.3 is 11.9 Å². The molecular formula is C19H34N4O7. The van der Waals surface area contributed by atoms with Crippen LogP contribution in [0.2, 0.25) is 0 Å². The van der Waals surface area contributed by atoms with Crippen molar-refractivity contribution in [3.05, 3.63) is 14.1 Å². The maximum Gasteiger partial charge on any atom is 0.329 e. The molecule has 0 aromatic carbocycles. The van der Waals surface area contributed by atoms with Crippen LogP contribution in [0.15, 0.2) is 0 Å². The standard InChI is InChI=1S/C19H34N4O7/c1-20-3-4-21(2)6-8-23(14-18(25)26)10-9-22(7-5-20)13-17(24)15-29-11-12-30-16-19(27)28/h1-2,17,24H,3-16H2,(H,25,26)(H,27,28). The fourth-order valence-corrected chi connectivity index (χ4v) is 2.91. The molecule has 172 valence electrons. The van der Waals surface area contributed by atoms with Crippen LogP contribution < -0.4 is 0 Å². The molecule has 1 heterocycles. The Kier molecular flexibility index (Phi) is 13.8. The molecule has 1 atom stereocenters. The Morgan fingerprint density at radius 3 is 1.90 bits per heavy atom. The molecule has 0 amide bonds. The number of carboxylic acids is 2. The van der Waals surface area contributed by atoms with Gasteiger partial charge in [0.1, 0.15) is 6.61 Å². The van der Waals surface area contributed by atoms with E-state index < -0.39 is 18.0 Å². The van der Waals surface area contributed by atoms with E-state index in [1.165, 1.54) is 0 Å². The van der Waals surface area contributed by atoms with Gasteiger partial charge in [-0.15, -0.1) is 0 Å². The monoisotopic (exact) mass is 430 g/mol. The summed E-state index contributed by atoms with van der Waals surface area (Å²) in [5.41, 5.74) is 0. The van der Waals surface area contributed by atoms with Crippen LogP contribution in [0.5, 0.6) is 0 Å². The summed E-state index contributed by atoms with van der Waals surface area (Å²) in [5, 5.41) is 27.9. The van der Waals surface area contributed by atoms with Gasteiger partial charge in [0.05, 0.1) is 32.5 Å². The van der Waals surface area contributed by atoms with Crippen LogP contribution in [0.3, 0.4) is 0 Å². The maximum absolute atomic E-state index is 11.1. The predicted octanol–water partition coefficient (Wildman–Crippen LogP) is -1.89. The summed E-state index contributed by atoms with van der Waals surface area (Å²) >= 11 is 0. The molecule has 0 bridgehead atoms. The van der Waals surface area contributed by atoms with E-state index >= 15 is 0 Å².